The lowest BCUT2D eigenvalue weighted by atomic mass is 9.95. The molecule has 0 radical (unpaired) electrons. The number of carbonyl (C=O) groups is 3. The molecular weight excluding hydrogens is 478 g/mol. The van der Waals surface area contributed by atoms with Gasteiger partial charge < -0.3 is 10.2 Å². The van der Waals surface area contributed by atoms with E-state index in [2.05, 4.69) is 5.32 Å². The third-order valence-electron chi connectivity index (χ3n) is 7.03. The Hall–Kier alpha value is -3.20. The molecule has 1 N–H and O–H groups in total. The minimum Gasteiger partial charge on any atom is -0.352 e. The molecule has 4 rings (SSSR count). The lowest BCUT2D eigenvalue weighted by Crippen LogP contribution is -2.50. The summed E-state index contributed by atoms with van der Waals surface area (Å²) in [6.45, 7) is 3.59. The van der Waals surface area contributed by atoms with Gasteiger partial charge in [0.15, 0.2) is 0 Å². The predicted octanol–water partition coefficient (Wildman–Crippen LogP) is 3.40. The summed E-state index contributed by atoms with van der Waals surface area (Å²) in [5, 5.41) is 3.08. The van der Waals surface area contributed by atoms with E-state index in [4.69, 9.17) is 0 Å². The molecule has 36 heavy (non-hydrogen) atoms. The van der Waals surface area contributed by atoms with Gasteiger partial charge in [0, 0.05) is 25.6 Å². The Morgan fingerprint density at radius 2 is 1.72 bits per heavy atom. The van der Waals surface area contributed by atoms with Crippen molar-refractivity contribution >= 4 is 27.7 Å². The van der Waals surface area contributed by atoms with Crippen molar-refractivity contribution in [3.05, 3.63) is 65.2 Å². The molecule has 0 saturated heterocycles. The topological polar surface area (TPSA) is 104 Å². The molecule has 1 heterocycles. The number of nitrogens with one attached hydrogen (secondary N) is 1. The molecule has 9 heteroatoms. The third kappa shape index (κ3) is 5.46. The molecular formula is C27H33N3O5S. The molecule has 0 unspecified atom stereocenters. The number of hydrogen-bond donors (Lipinski definition) is 1. The Morgan fingerprint density at radius 3 is 2.39 bits per heavy atom. The van der Waals surface area contributed by atoms with Crippen LogP contribution in [0.2, 0.25) is 0 Å². The molecule has 0 aromatic heterocycles. The number of nitrogens with zero attached hydrogens (tertiary/aromatic N) is 2. The molecule has 1 aliphatic carbocycles. The smallest absolute Gasteiger partial charge is 0.269 e. The lowest BCUT2D eigenvalue weighted by molar-refractivity contribution is -0.141. The van der Waals surface area contributed by atoms with Gasteiger partial charge in [0.2, 0.25) is 11.8 Å². The molecule has 192 valence electrons. The molecule has 0 bridgehead atoms. The first-order valence-corrected chi connectivity index (χ1v) is 13.9. The first-order valence-electron chi connectivity index (χ1n) is 12.5. The van der Waals surface area contributed by atoms with E-state index in [-0.39, 0.29) is 47.8 Å². The van der Waals surface area contributed by atoms with Crippen molar-refractivity contribution in [3.63, 3.8) is 0 Å². The second-order valence-corrected chi connectivity index (χ2v) is 11.5. The summed E-state index contributed by atoms with van der Waals surface area (Å²) in [5.41, 5.74) is 2.06. The maximum Gasteiger partial charge on any atom is 0.269 e. The van der Waals surface area contributed by atoms with Gasteiger partial charge in [0.05, 0.1) is 5.56 Å². The van der Waals surface area contributed by atoms with E-state index < -0.39 is 22.0 Å². The quantitative estimate of drug-likeness (QED) is 0.585. The van der Waals surface area contributed by atoms with Gasteiger partial charge in [-0.15, -0.1) is 0 Å². The molecule has 1 aliphatic heterocycles. The van der Waals surface area contributed by atoms with Gasteiger partial charge in [-0.2, -0.15) is 0 Å². The summed E-state index contributed by atoms with van der Waals surface area (Å²) in [4.78, 5) is 40.7. The van der Waals surface area contributed by atoms with Crippen molar-refractivity contribution in [3.8, 4) is 0 Å². The van der Waals surface area contributed by atoms with Crippen LogP contribution in [0.25, 0.3) is 0 Å². The number of hydrogen-bond acceptors (Lipinski definition) is 5. The number of fused-ring (bicyclic) bond motifs is 1. The molecule has 1 saturated carbocycles. The molecule has 3 amide bonds. The number of amides is 3. The zero-order chi connectivity index (χ0) is 25.9. The minimum absolute atomic E-state index is 0.0424. The highest BCUT2D eigenvalue weighted by atomic mass is 32.2. The van der Waals surface area contributed by atoms with E-state index in [0.717, 1.165) is 41.1 Å². The van der Waals surface area contributed by atoms with Crippen LogP contribution in [0, 0.1) is 6.92 Å². The van der Waals surface area contributed by atoms with E-state index in [1.807, 2.05) is 31.2 Å². The number of aryl methyl sites for hydroxylation is 1. The average molecular weight is 512 g/mol. The van der Waals surface area contributed by atoms with Crippen LogP contribution in [0.1, 0.15) is 66.9 Å². The Bertz CT molecular complexity index is 1240. The van der Waals surface area contributed by atoms with E-state index in [9.17, 15) is 22.8 Å². The van der Waals surface area contributed by atoms with E-state index >= 15 is 0 Å². The zero-order valence-corrected chi connectivity index (χ0v) is 21.6. The highest BCUT2D eigenvalue weighted by Crippen LogP contribution is 2.30. The van der Waals surface area contributed by atoms with Crippen molar-refractivity contribution in [1.29, 1.82) is 0 Å². The Balaban J connectivity index is 1.49. The van der Waals surface area contributed by atoms with Crippen LogP contribution in [-0.4, -0.2) is 54.0 Å². The molecule has 1 fully saturated rings. The van der Waals surface area contributed by atoms with Gasteiger partial charge in [0.1, 0.15) is 10.9 Å². The van der Waals surface area contributed by atoms with Crippen LogP contribution in [0.4, 0.5) is 0 Å². The summed E-state index contributed by atoms with van der Waals surface area (Å²) in [7, 11) is -4.00. The van der Waals surface area contributed by atoms with Crippen LogP contribution < -0.4 is 5.32 Å². The summed E-state index contributed by atoms with van der Waals surface area (Å²) in [6.07, 6.45) is 4.96. The van der Waals surface area contributed by atoms with Crippen molar-refractivity contribution in [1.82, 2.24) is 14.5 Å². The van der Waals surface area contributed by atoms with Crippen LogP contribution in [0.3, 0.4) is 0 Å². The van der Waals surface area contributed by atoms with Crippen molar-refractivity contribution in [2.75, 3.05) is 6.54 Å². The zero-order valence-electron chi connectivity index (χ0n) is 20.8. The normalized spacial score (nSPS) is 17.9. The second kappa shape index (κ2) is 10.8. The standard InChI is InChI=1S/C27H33N3O5S/c1-19-12-14-21(15-13-19)18-29(20(2)26(32)28-22-8-4-3-5-9-22)25(31)16-17-30-27(33)23-10-6-7-11-24(23)36(30,34)35/h6-7,10-15,20,22H,3-5,8-9,16-18H2,1-2H3,(H,28,32)/t20-/m1/s1. The van der Waals surface area contributed by atoms with Gasteiger partial charge in [-0.05, 0) is 44.4 Å². The van der Waals surface area contributed by atoms with Crippen molar-refractivity contribution in [2.24, 2.45) is 0 Å². The lowest BCUT2D eigenvalue weighted by Gasteiger charge is -2.31. The monoisotopic (exact) mass is 511 g/mol. The molecule has 1 atom stereocenters. The van der Waals surface area contributed by atoms with Crippen molar-refractivity contribution < 1.29 is 22.8 Å². The van der Waals surface area contributed by atoms with Crippen molar-refractivity contribution in [2.45, 2.75) is 75.9 Å². The maximum absolute atomic E-state index is 13.4. The largest absolute Gasteiger partial charge is 0.352 e. The highest BCUT2D eigenvalue weighted by molar-refractivity contribution is 7.90. The Kier molecular flexibility index (Phi) is 7.78. The number of rotatable bonds is 8. The Labute approximate surface area is 212 Å². The number of carbonyl (C=O) groups excluding carboxylic acids is 3. The molecule has 8 nitrogen and oxygen atoms in total. The molecule has 2 aliphatic rings. The molecule has 0 spiro atoms. The minimum atomic E-state index is -4.00. The van der Waals surface area contributed by atoms with Gasteiger partial charge in [-0.3, -0.25) is 14.4 Å². The van der Waals surface area contributed by atoms with E-state index in [1.165, 1.54) is 23.5 Å². The number of benzene rings is 2. The van der Waals surface area contributed by atoms with Crippen LogP contribution >= 0.6 is 0 Å². The molecule has 2 aromatic rings. The fourth-order valence-electron chi connectivity index (χ4n) is 4.83. The van der Waals surface area contributed by atoms with Gasteiger partial charge in [0.25, 0.3) is 15.9 Å². The molecule has 2 aromatic carbocycles. The van der Waals surface area contributed by atoms with E-state index in [1.54, 1.807) is 19.1 Å². The summed E-state index contributed by atoms with van der Waals surface area (Å²) in [6, 6.07) is 13.1. The SMILES string of the molecule is Cc1ccc(CN(C(=O)CCN2C(=O)c3ccccc3S2(=O)=O)[C@H](C)C(=O)NC2CCCCC2)cc1. The highest BCUT2D eigenvalue weighted by Gasteiger charge is 2.41. The summed E-state index contributed by atoms with van der Waals surface area (Å²) in [5.74, 6) is -1.24. The fourth-order valence-corrected chi connectivity index (χ4v) is 6.40. The van der Waals surface area contributed by atoms with Gasteiger partial charge >= 0.3 is 0 Å². The van der Waals surface area contributed by atoms with Crippen LogP contribution in [-0.2, 0) is 26.2 Å². The third-order valence-corrected chi connectivity index (χ3v) is 8.87. The Morgan fingerprint density at radius 1 is 1.06 bits per heavy atom. The van der Waals surface area contributed by atoms with Gasteiger partial charge in [-0.25, -0.2) is 12.7 Å². The first kappa shape index (κ1) is 25.9. The number of sulfonamides is 1. The van der Waals surface area contributed by atoms with Crippen LogP contribution in [0.5, 0.6) is 0 Å². The fraction of sp³-hybridized carbons (Fsp3) is 0.444. The summed E-state index contributed by atoms with van der Waals surface area (Å²) < 4.78 is 26.5. The summed E-state index contributed by atoms with van der Waals surface area (Å²) >= 11 is 0. The van der Waals surface area contributed by atoms with E-state index in [0.29, 0.717) is 0 Å². The van der Waals surface area contributed by atoms with Gasteiger partial charge in [-0.1, -0.05) is 61.2 Å². The average Bonchev–Trinajstić information content (AvgIpc) is 3.07. The second-order valence-electron chi connectivity index (χ2n) is 9.66. The maximum atomic E-state index is 13.4. The van der Waals surface area contributed by atoms with Crippen LogP contribution in [0.15, 0.2) is 53.4 Å². The first-order chi connectivity index (χ1) is 17.2. The predicted molar refractivity (Wildman–Crippen MR) is 135 cm³/mol.